The van der Waals surface area contributed by atoms with Crippen molar-refractivity contribution in [1.29, 1.82) is 0 Å². The summed E-state index contributed by atoms with van der Waals surface area (Å²) in [6.45, 7) is 7.56. The first-order valence-electron chi connectivity index (χ1n) is 5.78. The second-order valence-electron chi connectivity index (χ2n) is 5.30. The van der Waals surface area contributed by atoms with Crippen molar-refractivity contribution in [2.45, 2.75) is 33.1 Å². The van der Waals surface area contributed by atoms with Crippen molar-refractivity contribution < 1.29 is 4.74 Å². The maximum absolute atomic E-state index is 5.45. The van der Waals surface area contributed by atoms with Gasteiger partial charge in [-0.15, -0.1) is 0 Å². The molecule has 84 valence electrons. The van der Waals surface area contributed by atoms with Gasteiger partial charge in [-0.3, -0.25) is 0 Å². The molecule has 1 fully saturated rings. The van der Waals surface area contributed by atoms with Crippen molar-refractivity contribution in [3.8, 4) is 0 Å². The molecule has 0 saturated heterocycles. The van der Waals surface area contributed by atoms with Crippen LogP contribution in [0.4, 0.5) is 0 Å². The average Bonchev–Trinajstić information content (AvgIpc) is 2.07. The van der Waals surface area contributed by atoms with Crippen LogP contribution in [-0.4, -0.2) is 38.8 Å². The predicted molar refractivity (Wildman–Crippen MR) is 60.5 cm³/mol. The molecule has 1 aliphatic carbocycles. The molecule has 0 amide bonds. The maximum atomic E-state index is 5.45. The SMILES string of the molecule is CCOCC1CC(C)(CCN(C)C)C1. The minimum atomic E-state index is 0.603. The summed E-state index contributed by atoms with van der Waals surface area (Å²) in [5, 5.41) is 0. The lowest BCUT2D eigenvalue weighted by atomic mass is 9.62. The van der Waals surface area contributed by atoms with Gasteiger partial charge in [-0.1, -0.05) is 6.92 Å². The van der Waals surface area contributed by atoms with Crippen molar-refractivity contribution in [3.05, 3.63) is 0 Å². The van der Waals surface area contributed by atoms with E-state index in [-0.39, 0.29) is 0 Å². The molecule has 1 aliphatic rings. The van der Waals surface area contributed by atoms with Gasteiger partial charge in [-0.05, 0) is 58.2 Å². The lowest BCUT2D eigenvalue weighted by Crippen LogP contribution is -2.39. The Bertz CT molecular complexity index is 162. The van der Waals surface area contributed by atoms with Gasteiger partial charge in [0.05, 0.1) is 0 Å². The number of hydrogen-bond donors (Lipinski definition) is 0. The molecule has 0 radical (unpaired) electrons. The minimum Gasteiger partial charge on any atom is -0.381 e. The van der Waals surface area contributed by atoms with Gasteiger partial charge >= 0.3 is 0 Å². The van der Waals surface area contributed by atoms with E-state index >= 15 is 0 Å². The first kappa shape index (κ1) is 12.0. The van der Waals surface area contributed by atoms with E-state index in [1.54, 1.807) is 0 Å². The van der Waals surface area contributed by atoms with Gasteiger partial charge in [0.25, 0.3) is 0 Å². The van der Waals surface area contributed by atoms with Crippen LogP contribution in [0.1, 0.15) is 33.1 Å². The molecule has 14 heavy (non-hydrogen) atoms. The van der Waals surface area contributed by atoms with E-state index in [4.69, 9.17) is 4.74 Å². The zero-order chi connectivity index (χ0) is 10.6. The number of ether oxygens (including phenoxy) is 1. The number of hydrogen-bond acceptors (Lipinski definition) is 2. The van der Waals surface area contributed by atoms with Crippen LogP contribution in [0.3, 0.4) is 0 Å². The molecule has 0 aromatic carbocycles. The van der Waals surface area contributed by atoms with Crippen molar-refractivity contribution >= 4 is 0 Å². The topological polar surface area (TPSA) is 12.5 Å². The van der Waals surface area contributed by atoms with Gasteiger partial charge in [0, 0.05) is 13.2 Å². The molecule has 0 atom stereocenters. The van der Waals surface area contributed by atoms with Gasteiger partial charge in [-0.25, -0.2) is 0 Å². The Kier molecular flexibility index (Phi) is 4.39. The molecular formula is C12H25NO. The first-order valence-corrected chi connectivity index (χ1v) is 5.78. The summed E-state index contributed by atoms with van der Waals surface area (Å²) in [6, 6.07) is 0. The standard InChI is InChI=1S/C12H25NO/c1-5-14-10-11-8-12(2,9-11)6-7-13(3)4/h11H,5-10H2,1-4H3. The number of nitrogens with zero attached hydrogens (tertiary/aromatic N) is 1. The van der Waals surface area contributed by atoms with Crippen LogP contribution in [0.2, 0.25) is 0 Å². The highest BCUT2D eigenvalue weighted by Crippen LogP contribution is 2.47. The third kappa shape index (κ3) is 3.58. The fourth-order valence-electron chi connectivity index (χ4n) is 2.43. The Labute approximate surface area is 88.6 Å². The smallest absolute Gasteiger partial charge is 0.0494 e. The van der Waals surface area contributed by atoms with Gasteiger partial charge in [-0.2, -0.15) is 0 Å². The molecule has 0 aliphatic heterocycles. The Balaban J connectivity index is 2.10. The molecule has 0 bridgehead atoms. The summed E-state index contributed by atoms with van der Waals surface area (Å²) >= 11 is 0. The first-order chi connectivity index (χ1) is 6.56. The second kappa shape index (κ2) is 5.13. The fourth-order valence-corrected chi connectivity index (χ4v) is 2.43. The van der Waals surface area contributed by atoms with Crippen LogP contribution in [0.25, 0.3) is 0 Å². The summed E-state index contributed by atoms with van der Waals surface area (Å²) < 4.78 is 5.45. The molecule has 1 rings (SSSR count). The molecule has 1 saturated carbocycles. The Morgan fingerprint density at radius 1 is 1.36 bits per heavy atom. The van der Waals surface area contributed by atoms with Crippen molar-refractivity contribution in [1.82, 2.24) is 4.90 Å². The van der Waals surface area contributed by atoms with Crippen molar-refractivity contribution in [3.63, 3.8) is 0 Å². The highest BCUT2D eigenvalue weighted by atomic mass is 16.5. The van der Waals surface area contributed by atoms with Gasteiger partial charge in [0.2, 0.25) is 0 Å². The van der Waals surface area contributed by atoms with Crippen LogP contribution in [0, 0.1) is 11.3 Å². The molecule has 2 heteroatoms. The van der Waals surface area contributed by atoms with E-state index in [9.17, 15) is 0 Å². The fraction of sp³-hybridized carbons (Fsp3) is 1.00. The Morgan fingerprint density at radius 3 is 2.50 bits per heavy atom. The van der Waals surface area contributed by atoms with Crippen LogP contribution in [0.15, 0.2) is 0 Å². The van der Waals surface area contributed by atoms with Crippen LogP contribution in [0.5, 0.6) is 0 Å². The van der Waals surface area contributed by atoms with E-state index in [2.05, 4.69) is 32.8 Å². The molecule has 0 aromatic heterocycles. The van der Waals surface area contributed by atoms with Crippen LogP contribution >= 0.6 is 0 Å². The summed E-state index contributed by atoms with van der Waals surface area (Å²) in [5.74, 6) is 0.835. The normalized spacial score (nSPS) is 31.9. The third-order valence-electron chi connectivity index (χ3n) is 3.28. The van der Waals surface area contributed by atoms with E-state index < -0.39 is 0 Å². The quantitative estimate of drug-likeness (QED) is 0.651. The zero-order valence-corrected chi connectivity index (χ0v) is 10.2. The Morgan fingerprint density at radius 2 is 2.00 bits per heavy atom. The third-order valence-corrected chi connectivity index (χ3v) is 3.28. The summed E-state index contributed by atoms with van der Waals surface area (Å²) in [4.78, 5) is 2.28. The average molecular weight is 199 g/mol. The zero-order valence-electron chi connectivity index (χ0n) is 10.2. The maximum Gasteiger partial charge on any atom is 0.0494 e. The van der Waals surface area contributed by atoms with E-state index in [1.165, 1.54) is 25.8 Å². The molecule has 0 heterocycles. The van der Waals surface area contributed by atoms with Crippen LogP contribution < -0.4 is 0 Å². The molecule has 2 nitrogen and oxygen atoms in total. The van der Waals surface area contributed by atoms with E-state index in [1.807, 2.05) is 0 Å². The van der Waals surface area contributed by atoms with Crippen molar-refractivity contribution in [2.24, 2.45) is 11.3 Å². The predicted octanol–water partition coefficient (Wildman–Crippen LogP) is 2.39. The Hall–Kier alpha value is -0.0800. The van der Waals surface area contributed by atoms with Gasteiger partial charge < -0.3 is 9.64 Å². The molecular weight excluding hydrogens is 174 g/mol. The van der Waals surface area contributed by atoms with E-state index in [0.29, 0.717) is 5.41 Å². The summed E-state index contributed by atoms with van der Waals surface area (Å²) in [5.41, 5.74) is 0.603. The number of rotatable bonds is 6. The summed E-state index contributed by atoms with van der Waals surface area (Å²) in [6.07, 6.45) is 4.06. The van der Waals surface area contributed by atoms with Gasteiger partial charge in [0.15, 0.2) is 0 Å². The molecule has 0 aromatic rings. The molecule has 0 unspecified atom stereocenters. The summed E-state index contributed by atoms with van der Waals surface area (Å²) in [7, 11) is 4.30. The lowest BCUT2D eigenvalue weighted by molar-refractivity contribution is -0.00696. The monoisotopic (exact) mass is 199 g/mol. The molecule has 0 spiro atoms. The lowest BCUT2D eigenvalue weighted by Gasteiger charge is -2.46. The van der Waals surface area contributed by atoms with E-state index in [0.717, 1.165) is 19.1 Å². The highest BCUT2D eigenvalue weighted by molar-refractivity contribution is 4.90. The van der Waals surface area contributed by atoms with Crippen molar-refractivity contribution in [2.75, 3.05) is 33.9 Å². The largest absolute Gasteiger partial charge is 0.381 e. The molecule has 0 N–H and O–H groups in total. The van der Waals surface area contributed by atoms with Gasteiger partial charge in [0.1, 0.15) is 0 Å². The second-order valence-corrected chi connectivity index (χ2v) is 5.30. The highest BCUT2D eigenvalue weighted by Gasteiger charge is 2.39. The minimum absolute atomic E-state index is 0.603. The van der Waals surface area contributed by atoms with Crippen LogP contribution in [-0.2, 0) is 4.74 Å².